The van der Waals surface area contributed by atoms with Crippen molar-refractivity contribution in [3.63, 3.8) is 0 Å². The number of nitrogens with two attached hydrogens (primary N) is 1. The monoisotopic (exact) mass is 687 g/mol. The van der Waals surface area contributed by atoms with Crippen LogP contribution in [0.15, 0.2) is 34.8 Å². The number of rotatable bonds is 14. The summed E-state index contributed by atoms with van der Waals surface area (Å²) in [5.74, 6) is -4.70. The van der Waals surface area contributed by atoms with Crippen LogP contribution in [0.5, 0.6) is 0 Å². The molecule has 3 rings (SSSR count). The number of amides is 2. The van der Waals surface area contributed by atoms with Gasteiger partial charge in [-0.15, -0.1) is 11.3 Å². The van der Waals surface area contributed by atoms with Gasteiger partial charge in [-0.2, -0.15) is 12.7 Å². The summed E-state index contributed by atoms with van der Waals surface area (Å²) in [6.07, 6.45) is 0. The fourth-order valence-electron chi connectivity index (χ4n) is 3.76. The topological polar surface area (TPSA) is 263 Å². The number of thiazole rings is 1. The van der Waals surface area contributed by atoms with Crippen molar-refractivity contribution >= 4 is 61.9 Å². The van der Waals surface area contributed by atoms with E-state index in [1.165, 1.54) is 49.3 Å². The van der Waals surface area contributed by atoms with Crippen LogP contribution in [0.2, 0.25) is 0 Å². The van der Waals surface area contributed by atoms with Crippen LogP contribution in [0.1, 0.15) is 32.0 Å². The molecule has 1 aromatic heterocycles. The second-order valence-electron chi connectivity index (χ2n) is 9.02. The summed E-state index contributed by atoms with van der Waals surface area (Å²) in [7, 11) is -4.25. The molecule has 19 nitrogen and oxygen atoms in total. The summed E-state index contributed by atoms with van der Waals surface area (Å²) < 4.78 is 41.3. The van der Waals surface area contributed by atoms with Crippen LogP contribution < -0.4 is 11.1 Å². The number of nitrogens with one attached hydrogen (secondary N) is 1. The molecule has 46 heavy (non-hydrogen) atoms. The first kappa shape index (κ1) is 37.5. The van der Waals surface area contributed by atoms with Crippen molar-refractivity contribution in [1.29, 1.82) is 0 Å². The number of β-lactam (4-membered cyclic amide) rings is 1. The number of anilines is 1. The Morgan fingerprint density at radius 2 is 1.80 bits per heavy atom. The molecule has 1 aliphatic heterocycles. The van der Waals surface area contributed by atoms with Crippen molar-refractivity contribution in [3.8, 4) is 0 Å². The molecular weight excluding hydrogens is 654 g/mol. The minimum atomic E-state index is -5.14. The molecule has 21 heteroatoms. The zero-order valence-electron chi connectivity index (χ0n) is 25.1. The number of nitro benzene ring substituents is 1. The number of nitrogens with zero attached hydrogens (tertiary/aromatic N) is 5. The quantitative estimate of drug-likeness (QED) is 0.0594. The van der Waals surface area contributed by atoms with E-state index < -0.39 is 63.4 Å². The Labute approximate surface area is 267 Å². The standard InChI is InChI=1S/C19H18N6O12S2.C6H15N/c1-35-18(29)15-14(17(28)24(15)39(32,33)34)22-16(27)13(11-8-38-19(20)21-11)23-37-7-12(26)36-6-9-2-4-10(5-3-9)25(30)31;1-4-7(5-2)6-3/h2-5,8,14-15H,6-7H2,1H3,(H2,20,21)(H,22,27)(H,32,33,34);4-6H2,1-3H3/b23-13-;/t14-,15-;/m1./s1. The van der Waals surface area contributed by atoms with Gasteiger partial charge in [0.15, 0.2) is 16.9 Å². The predicted molar refractivity (Wildman–Crippen MR) is 161 cm³/mol. The number of aromatic nitrogens is 1. The molecule has 1 saturated heterocycles. The number of nitrogen functional groups attached to an aromatic ring is 1. The minimum absolute atomic E-state index is 0.0118. The fourth-order valence-corrected chi connectivity index (χ4v) is 5.15. The number of hydrogen-bond acceptors (Lipinski definition) is 16. The van der Waals surface area contributed by atoms with Gasteiger partial charge in [0.05, 0.1) is 12.0 Å². The van der Waals surface area contributed by atoms with Crippen LogP contribution in [-0.4, -0.2) is 107 Å². The first-order valence-electron chi connectivity index (χ1n) is 13.4. The van der Waals surface area contributed by atoms with E-state index in [0.717, 1.165) is 18.4 Å². The highest BCUT2D eigenvalue weighted by molar-refractivity contribution is 7.84. The Morgan fingerprint density at radius 1 is 1.20 bits per heavy atom. The van der Waals surface area contributed by atoms with Gasteiger partial charge in [-0.3, -0.25) is 24.3 Å². The van der Waals surface area contributed by atoms with E-state index in [1.807, 2.05) is 0 Å². The molecule has 4 N–H and O–H groups in total. The molecule has 2 amide bonds. The highest BCUT2D eigenvalue weighted by Crippen LogP contribution is 2.25. The van der Waals surface area contributed by atoms with Gasteiger partial charge in [-0.25, -0.2) is 14.6 Å². The molecule has 2 heterocycles. The smallest absolute Gasteiger partial charge is 0.363 e. The molecule has 1 aromatic carbocycles. The van der Waals surface area contributed by atoms with Crippen LogP contribution in [0, 0.1) is 10.1 Å². The van der Waals surface area contributed by atoms with Crippen molar-refractivity contribution in [2.75, 3.05) is 39.1 Å². The van der Waals surface area contributed by atoms with E-state index in [-0.39, 0.29) is 27.4 Å². The van der Waals surface area contributed by atoms with E-state index in [1.54, 1.807) is 0 Å². The maximum absolute atomic E-state index is 12.9. The van der Waals surface area contributed by atoms with Crippen molar-refractivity contribution in [1.82, 2.24) is 19.5 Å². The van der Waals surface area contributed by atoms with Gasteiger partial charge in [0.2, 0.25) is 6.61 Å². The average molecular weight is 688 g/mol. The normalized spacial score (nSPS) is 16.1. The second kappa shape index (κ2) is 17.1. The molecule has 0 saturated carbocycles. The van der Waals surface area contributed by atoms with Gasteiger partial charge in [0.25, 0.3) is 17.5 Å². The summed E-state index contributed by atoms with van der Waals surface area (Å²) in [6.45, 7) is 9.08. The second-order valence-corrected chi connectivity index (χ2v) is 11.2. The molecule has 0 unspecified atom stereocenters. The maximum atomic E-state index is 12.9. The van der Waals surface area contributed by atoms with Gasteiger partial charge in [0.1, 0.15) is 18.3 Å². The Morgan fingerprint density at radius 3 is 2.26 bits per heavy atom. The lowest BCUT2D eigenvalue weighted by Crippen LogP contribution is -2.74. The van der Waals surface area contributed by atoms with Gasteiger partial charge >= 0.3 is 22.2 Å². The lowest BCUT2D eigenvalue weighted by atomic mass is 9.98. The number of carbonyl (C=O) groups excluding carboxylic acids is 4. The number of non-ortho nitro benzene ring substituents is 1. The molecule has 1 fully saturated rings. The lowest BCUT2D eigenvalue weighted by Gasteiger charge is -2.41. The van der Waals surface area contributed by atoms with Gasteiger partial charge < -0.3 is 30.3 Å². The Bertz CT molecular complexity index is 1540. The zero-order valence-corrected chi connectivity index (χ0v) is 26.8. The fraction of sp³-hybridized carbons (Fsp3) is 0.440. The number of carbonyl (C=O) groups is 4. The van der Waals surface area contributed by atoms with Gasteiger partial charge in [-0.05, 0) is 37.3 Å². The third-order valence-electron chi connectivity index (χ3n) is 6.24. The molecule has 0 spiro atoms. The summed E-state index contributed by atoms with van der Waals surface area (Å²) in [5.41, 5.74) is 5.11. The van der Waals surface area contributed by atoms with E-state index >= 15 is 0 Å². The molecule has 1 aliphatic rings. The Kier molecular flexibility index (Phi) is 13.9. The van der Waals surface area contributed by atoms with Gasteiger partial charge in [0, 0.05) is 17.5 Å². The molecule has 2 atom stereocenters. The van der Waals surface area contributed by atoms with Crippen LogP contribution in [-0.2, 0) is 50.4 Å². The van der Waals surface area contributed by atoms with Crippen LogP contribution in [0.3, 0.4) is 0 Å². The number of nitro groups is 1. The molecule has 0 radical (unpaired) electrons. The van der Waals surface area contributed by atoms with Crippen LogP contribution >= 0.6 is 11.3 Å². The first-order valence-corrected chi connectivity index (χ1v) is 15.7. The molecular formula is C25H33N7O12S2. The van der Waals surface area contributed by atoms with E-state index in [9.17, 15) is 42.3 Å². The number of methoxy groups -OCH3 is 1. The Balaban J connectivity index is 0.000000942. The van der Waals surface area contributed by atoms with E-state index in [2.05, 4.69) is 45.9 Å². The highest BCUT2D eigenvalue weighted by atomic mass is 32.2. The number of hydrogen-bond donors (Lipinski definition) is 3. The predicted octanol–water partition coefficient (Wildman–Crippen LogP) is 0.117. The number of benzene rings is 1. The highest BCUT2D eigenvalue weighted by Gasteiger charge is 2.58. The van der Waals surface area contributed by atoms with Gasteiger partial charge in [-0.1, -0.05) is 25.9 Å². The van der Waals surface area contributed by atoms with E-state index in [4.69, 9.17) is 15.3 Å². The van der Waals surface area contributed by atoms with Crippen LogP contribution in [0.4, 0.5) is 10.8 Å². The lowest BCUT2D eigenvalue weighted by molar-refractivity contribution is -0.384. The molecule has 252 valence electrons. The largest absolute Gasteiger partial charge is 0.467 e. The number of oxime groups is 1. The molecule has 0 aliphatic carbocycles. The molecule has 0 bridgehead atoms. The zero-order chi connectivity index (χ0) is 34.6. The minimum Gasteiger partial charge on any atom is -0.467 e. The van der Waals surface area contributed by atoms with Crippen molar-refractivity contribution in [2.24, 2.45) is 5.16 Å². The SMILES string of the molecule is CCN(CC)CC.COC(=O)[C@H]1[C@@H](NC(=O)/C(=N\OCC(=O)OCc2ccc([N+](=O)[O-])cc2)c2csc(N)n2)C(=O)N1S(=O)(=O)O. The van der Waals surface area contributed by atoms with Crippen LogP contribution in [0.25, 0.3) is 0 Å². The third kappa shape index (κ3) is 10.2. The number of ether oxygens (including phenoxy) is 2. The molecule has 2 aromatic rings. The van der Waals surface area contributed by atoms with E-state index in [0.29, 0.717) is 5.56 Å². The van der Waals surface area contributed by atoms with Crippen molar-refractivity contribution in [2.45, 2.75) is 39.5 Å². The summed E-state index contributed by atoms with van der Waals surface area (Å²) >= 11 is 0.905. The Hall–Kier alpha value is -4.73. The number of esters is 2. The van der Waals surface area contributed by atoms with Crippen molar-refractivity contribution < 1.29 is 51.4 Å². The average Bonchev–Trinajstić information content (AvgIpc) is 3.45. The maximum Gasteiger partial charge on any atom is 0.363 e. The van der Waals surface area contributed by atoms with Crippen molar-refractivity contribution in [3.05, 3.63) is 51.0 Å². The summed E-state index contributed by atoms with van der Waals surface area (Å²) in [6, 6.07) is 1.54. The third-order valence-corrected chi connectivity index (χ3v) is 7.81. The summed E-state index contributed by atoms with van der Waals surface area (Å²) in [4.78, 5) is 70.3. The first-order chi connectivity index (χ1) is 21.7. The summed E-state index contributed by atoms with van der Waals surface area (Å²) in [5, 5.41) is 17.6.